The molecule has 0 saturated heterocycles. The summed E-state index contributed by atoms with van der Waals surface area (Å²) in [7, 11) is 0. The van der Waals surface area contributed by atoms with Gasteiger partial charge in [0.2, 0.25) is 4.69 Å². The first kappa shape index (κ1) is 10.1. The van der Waals surface area contributed by atoms with Crippen molar-refractivity contribution in [3.8, 4) is 0 Å². The summed E-state index contributed by atoms with van der Waals surface area (Å²) in [5.41, 5.74) is 1.22. The lowest BCUT2D eigenvalue weighted by molar-refractivity contribution is 0.0987. The van der Waals surface area contributed by atoms with Crippen LogP contribution < -0.4 is 0 Å². The Bertz CT molecular complexity index is 327. The van der Waals surface area contributed by atoms with Crippen LogP contribution in [0.5, 0.6) is 0 Å². The molecule has 0 aliphatic heterocycles. The van der Waals surface area contributed by atoms with Crippen LogP contribution in [0.2, 0.25) is 0 Å². The third kappa shape index (κ3) is 2.49. The second kappa shape index (κ2) is 4.33. The summed E-state index contributed by atoms with van der Waals surface area (Å²) in [5, 5.41) is 0. The number of benzene rings is 1. The first-order chi connectivity index (χ1) is 6.15. The Hall–Kier alpha value is -0.960. The maximum absolute atomic E-state index is 11.2. The second-order valence-electron chi connectivity index (χ2n) is 2.63. The normalized spacial score (nSPS) is 9.69. The molecule has 0 fully saturated rings. The van der Waals surface area contributed by atoms with Gasteiger partial charge in [0.25, 0.3) is 0 Å². The number of carbonyl (C=O) groups is 2. The summed E-state index contributed by atoms with van der Waals surface area (Å²) in [5.74, 6) is 0.0913. The van der Waals surface area contributed by atoms with Gasteiger partial charge in [0, 0.05) is 17.5 Å². The molecule has 13 heavy (non-hydrogen) atoms. The van der Waals surface area contributed by atoms with E-state index in [-0.39, 0.29) is 10.5 Å². The van der Waals surface area contributed by atoms with Gasteiger partial charge in [-0.25, -0.2) is 0 Å². The van der Waals surface area contributed by atoms with E-state index in [2.05, 4.69) is 15.9 Å². The van der Waals surface area contributed by atoms with Crippen LogP contribution in [0.25, 0.3) is 0 Å². The van der Waals surface area contributed by atoms with Gasteiger partial charge in [-0.1, -0.05) is 19.1 Å². The predicted octanol–water partition coefficient (Wildman–Crippen LogP) is 2.81. The van der Waals surface area contributed by atoms with E-state index in [9.17, 15) is 9.59 Å². The molecule has 0 bridgehead atoms. The minimum absolute atomic E-state index is 0.0913. The maximum atomic E-state index is 11.2. The number of ketones is 1. The van der Waals surface area contributed by atoms with E-state index in [4.69, 9.17) is 0 Å². The van der Waals surface area contributed by atoms with E-state index in [1.165, 1.54) is 0 Å². The largest absolute Gasteiger partial charge is 0.294 e. The van der Waals surface area contributed by atoms with Gasteiger partial charge in [-0.2, -0.15) is 0 Å². The Kier molecular flexibility index (Phi) is 3.37. The Morgan fingerprint density at radius 3 is 2.00 bits per heavy atom. The van der Waals surface area contributed by atoms with E-state index in [1.54, 1.807) is 24.3 Å². The fraction of sp³-hybridized carbons (Fsp3) is 0.200. The standard InChI is InChI=1S/C10H9BrO2/c1-2-9(12)7-3-5-8(6-4-7)10(11)13/h3-6H,2H2,1H3. The minimum Gasteiger partial charge on any atom is -0.294 e. The summed E-state index contributed by atoms with van der Waals surface area (Å²) >= 11 is 2.84. The van der Waals surface area contributed by atoms with E-state index < -0.39 is 0 Å². The second-order valence-corrected chi connectivity index (χ2v) is 3.35. The van der Waals surface area contributed by atoms with Crippen LogP contribution in [0.15, 0.2) is 24.3 Å². The fourth-order valence-electron chi connectivity index (χ4n) is 0.991. The first-order valence-corrected chi connectivity index (χ1v) is 4.77. The molecule has 0 aliphatic rings. The molecule has 0 saturated carbocycles. The third-order valence-electron chi connectivity index (χ3n) is 1.75. The van der Waals surface area contributed by atoms with Crippen LogP contribution in [-0.4, -0.2) is 10.5 Å². The Labute approximate surface area is 85.1 Å². The van der Waals surface area contributed by atoms with Crippen molar-refractivity contribution in [3.63, 3.8) is 0 Å². The molecule has 3 heteroatoms. The molecule has 0 spiro atoms. The number of carbonyl (C=O) groups excluding carboxylic acids is 2. The van der Waals surface area contributed by atoms with Gasteiger partial charge < -0.3 is 0 Å². The average Bonchev–Trinajstić information content (AvgIpc) is 2.17. The smallest absolute Gasteiger partial charge is 0.228 e. The average molecular weight is 241 g/mol. The molecule has 1 aromatic rings. The van der Waals surface area contributed by atoms with Crippen molar-refractivity contribution < 1.29 is 9.59 Å². The van der Waals surface area contributed by atoms with Crippen LogP contribution in [-0.2, 0) is 0 Å². The number of halogens is 1. The molecule has 1 rings (SSSR count). The van der Waals surface area contributed by atoms with Crippen molar-refractivity contribution in [2.24, 2.45) is 0 Å². The number of rotatable bonds is 3. The van der Waals surface area contributed by atoms with Crippen molar-refractivity contribution in [2.75, 3.05) is 0 Å². The highest BCUT2D eigenvalue weighted by molar-refractivity contribution is 9.18. The zero-order chi connectivity index (χ0) is 9.84. The van der Waals surface area contributed by atoms with E-state index in [0.717, 1.165) is 0 Å². The van der Waals surface area contributed by atoms with Gasteiger partial charge in [-0.15, -0.1) is 0 Å². The first-order valence-electron chi connectivity index (χ1n) is 3.98. The van der Waals surface area contributed by atoms with Crippen LogP contribution in [0.3, 0.4) is 0 Å². The van der Waals surface area contributed by atoms with Crippen molar-refractivity contribution in [3.05, 3.63) is 35.4 Å². The summed E-state index contributed by atoms with van der Waals surface area (Å²) in [6.07, 6.45) is 0.488. The van der Waals surface area contributed by atoms with Crippen LogP contribution in [0.4, 0.5) is 0 Å². The highest BCUT2D eigenvalue weighted by Gasteiger charge is 2.04. The molecule has 0 radical (unpaired) electrons. The Morgan fingerprint density at radius 2 is 1.62 bits per heavy atom. The SMILES string of the molecule is CCC(=O)c1ccc(C(=O)Br)cc1. The molecule has 0 N–H and O–H groups in total. The lowest BCUT2D eigenvalue weighted by Crippen LogP contribution is -1.97. The summed E-state index contributed by atoms with van der Waals surface area (Å²) in [6, 6.07) is 6.61. The van der Waals surface area contributed by atoms with Crippen LogP contribution in [0, 0.1) is 0 Å². The molecular formula is C10H9BrO2. The molecule has 0 amide bonds. The van der Waals surface area contributed by atoms with E-state index >= 15 is 0 Å². The Morgan fingerprint density at radius 1 is 1.15 bits per heavy atom. The maximum Gasteiger partial charge on any atom is 0.228 e. The van der Waals surface area contributed by atoms with Gasteiger partial charge in [0.1, 0.15) is 0 Å². The van der Waals surface area contributed by atoms with Crippen molar-refractivity contribution >= 4 is 26.4 Å². The third-order valence-corrected chi connectivity index (χ3v) is 2.21. The van der Waals surface area contributed by atoms with Crippen molar-refractivity contribution in [1.82, 2.24) is 0 Å². The van der Waals surface area contributed by atoms with Gasteiger partial charge in [0.05, 0.1) is 0 Å². The van der Waals surface area contributed by atoms with Gasteiger partial charge >= 0.3 is 0 Å². The highest BCUT2D eigenvalue weighted by atomic mass is 79.9. The number of hydrogen-bond donors (Lipinski definition) is 0. The van der Waals surface area contributed by atoms with E-state index in [1.807, 2.05) is 6.92 Å². The number of Topliss-reactive ketones (excluding diaryl/α,β-unsaturated/α-hetero) is 1. The van der Waals surface area contributed by atoms with E-state index in [0.29, 0.717) is 17.5 Å². The topological polar surface area (TPSA) is 34.1 Å². The molecule has 0 heterocycles. The minimum atomic E-state index is -0.164. The molecule has 1 aromatic carbocycles. The van der Waals surface area contributed by atoms with Crippen molar-refractivity contribution in [2.45, 2.75) is 13.3 Å². The molecule has 68 valence electrons. The molecule has 2 nitrogen and oxygen atoms in total. The quantitative estimate of drug-likeness (QED) is 0.602. The molecule has 0 aromatic heterocycles. The summed E-state index contributed by atoms with van der Waals surface area (Å²) in [6.45, 7) is 1.81. The monoisotopic (exact) mass is 240 g/mol. The van der Waals surface area contributed by atoms with Crippen LogP contribution in [0.1, 0.15) is 34.1 Å². The van der Waals surface area contributed by atoms with Gasteiger partial charge in [-0.05, 0) is 28.1 Å². The summed E-state index contributed by atoms with van der Waals surface area (Å²) < 4.78 is -0.164. The number of hydrogen-bond acceptors (Lipinski definition) is 2. The molecule has 0 unspecified atom stereocenters. The zero-order valence-electron chi connectivity index (χ0n) is 7.21. The molecule has 0 atom stereocenters. The predicted molar refractivity (Wildman–Crippen MR) is 54.3 cm³/mol. The van der Waals surface area contributed by atoms with Gasteiger partial charge in [-0.3, -0.25) is 9.59 Å². The zero-order valence-corrected chi connectivity index (χ0v) is 8.80. The van der Waals surface area contributed by atoms with Gasteiger partial charge in [0.15, 0.2) is 5.78 Å². The summed E-state index contributed by atoms with van der Waals surface area (Å²) in [4.78, 5) is 22.0. The lowest BCUT2D eigenvalue weighted by Gasteiger charge is -1.97. The van der Waals surface area contributed by atoms with Crippen LogP contribution >= 0.6 is 15.9 Å². The van der Waals surface area contributed by atoms with Crippen molar-refractivity contribution in [1.29, 1.82) is 0 Å². The Balaban J connectivity index is 2.93. The molecule has 0 aliphatic carbocycles. The highest BCUT2D eigenvalue weighted by Crippen LogP contribution is 2.09. The molecular weight excluding hydrogens is 232 g/mol. The fourth-order valence-corrected chi connectivity index (χ4v) is 1.26. The lowest BCUT2D eigenvalue weighted by atomic mass is 10.1.